The van der Waals surface area contributed by atoms with Crippen LogP contribution in [0.5, 0.6) is 0 Å². The van der Waals surface area contributed by atoms with Gasteiger partial charge in [-0.3, -0.25) is 0 Å². The molecule has 0 unspecified atom stereocenters. The molecule has 670 valence electrons. The highest BCUT2D eigenvalue weighted by Gasteiger charge is 2.47. The van der Waals surface area contributed by atoms with Crippen LogP contribution in [0.4, 0.5) is 34.1 Å². The highest BCUT2D eigenvalue weighted by molar-refractivity contribution is 7.00. The summed E-state index contributed by atoms with van der Waals surface area (Å²) in [4.78, 5) is 22.7. The predicted octanol–water partition coefficient (Wildman–Crippen LogP) is 32.3. The molecule has 16 aromatic carbocycles. The SMILES string of the molecule is CC(C)(C)c1cc(-c2ccccc2)c(N2c3cc(-n4c5ccc(C(C)(C)C)cc5c5cc(C(C)(C)C)ccc54)ccc3B3c4ccc(-n5c6ccc(C(C)(C)C)cc6c6cc(C(C)(C)C)ccc65)cc4N(c4ccc(-c5ccccc5)cc4-c4ccccc4)c4cc(-n5c6ccc(C(C)(C)C)cc6c6cc(C(C)(C)C)ccc65)cc2c43)c(-c2nc(-c3ccccc3)nc(-c3ccccc3)n2)c1. The minimum atomic E-state index is -0.405. The van der Waals surface area contributed by atoms with Gasteiger partial charge in [0, 0.05) is 94.3 Å². The Kier molecular flexibility index (Phi) is 20.2. The Balaban J connectivity index is 0.954. The lowest BCUT2D eigenvalue weighted by Gasteiger charge is -2.46. The van der Waals surface area contributed by atoms with E-state index < -0.39 is 12.1 Å². The highest BCUT2D eigenvalue weighted by Crippen LogP contribution is 2.56. The maximum atomic E-state index is 5.91. The van der Waals surface area contributed by atoms with Crippen molar-refractivity contribution < 1.29 is 0 Å². The number of anilines is 6. The zero-order valence-electron chi connectivity index (χ0n) is 82.5. The molecular formula is C127H119BN8. The number of fused-ring (bicyclic) bond motifs is 13. The van der Waals surface area contributed by atoms with E-state index in [4.69, 9.17) is 15.0 Å². The number of benzene rings is 16. The molecule has 8 nitrogen and oxygen atoms in total. The van der Waals surface area contributed by atoms with Crippen molar-refractivity contribution in [2.45, 2.75) is 183 Å². The maximum Gasteiger partial charge on any atom is 0.252 e. The molecule has 0 atom stereocenters. The van der Waals surface area contributed by atoms with Crippen LogP contribution in [0.2, 0.25) is 0 Å². The fraction of sp³-hybridized carbons (Fsp3) is 0.220. The van der Waals surface area contributed by atoms with Gasteiger partial charge in [0.15, 0.2) is 17.5 Å². The quantitative estimate of drug-likeness (QED) is 0.121. The second-order valence-corrected chi connectivity index (χ2v) is 45.4. The molecule has 0 N–H and O–H groups in total. The van der Waals surface area contributed by atoms with Gasteiger partial charge in [-0.1, -0.05) is 352 Å². The van der Waals surface area contributed by atoms with Gasteiger partial charge in [-0.05, 0) is 249 Å². The summed E-state index contributed by atoms with van der Waals surface area (Å²) in [5.74, 6) is 1.71. The molecule has 136 heavy (non-hydrogen) atoms. The van der Waals surface area contributed by atoms with E-state index in [2.05, 4.69) is 509 Å². The number of rotatable bonds is 11. The highest BCUT2D eigenvalue weighted by atomic mass is 15.2. The van der Waals surface area contributed by atoms with Crippen LogP contribution in [0.15, 0.2) is 340 Å². The summed E-state index contributed by atoms with van der Waals surface area (Å²) < 4.78 is 7.74. The van der Waals surface area contributed by atoms with E-state index in [0.29, 0.717) is 17.5 Å². The summed E-state index contributed by atoms with van der Waals surface area (Å²) in [5, 5.41) is 7.32. The third-order valence-corrected chi connectivity index (χ3v) is 28.9. The van der Waals surface area contributed by atoms with Crippen LogP contribution in [0.25, 0.3) is 150 Å². The molecule has 0 radical (unpaired) electrons. The smallest absolute Gasteiger partial charge is 0.252 e. The van der Waals surface area contributed by atoms with Crippen molar-refractivity contribution >= 4 is 123 Å². The molecule has 2 aliphatic heterocycles. The van der Waals surface area contributed by atoms with Crippen molar-refractivity contribution in [3.05, 3.63) is 379 Å². The lowest BCUT2D eigenvalue weighted by atomic mass is 9.33. The van der Waals surface area contributed by atoms with Gasteiger partial charge in [0.25, 0.3) is 6.71 Å². The first-order valence-electron chi connectivity index (χ1n) is 48.6. The fourth-order valence-electron chi connectivity index (χ4n) is 21.2. The van der Waals surface area contributed by atoms with Gasteiger partial charge in [-0.15, -0.1) is 0 Å². The normalized spacial score (nSPS) is 13.3. The topological polar surface area (TPSA) is 59.9 Å². The molecule has 22 rings (SSSR count). The molecule has 4 aromatic heterocycles. The van der Waals surface area contributed by atoms with E-state index in [1.165, 1.54) is 71.2 Å². The zero-order chi connectivity index (χ0) is 94.5. The van der Waals surface area contributed by atoms with Gasteiger partial charge >= 0.3 is 0 Å². The molecule has 6 heterocycles. The van der Waals surface area contributed by atoms with Crippen molar-refractivity contribution in [1.29, 1.82) is 0 Å². The number of hydrogen-bond donors (Lipinski definition) is 0. The fourth-order valence-corrected chi connectivity index (χ4v) is 21.2. The van der Waals surface area contributed by atoms with Gasteiger partial charge in [-0.25, -0.2) is 15.0 Å². The van der Waals surface area contributed by atoms with Crippen molar-refractivity contribution in [3.8, 4) is 84.6 Å². The summed E-state index contributed by atoms with van der Waals surface area (Å²) in [5.41, 5.74) is 36.3. The van der Waals surface area contributed by atoms with Crippen molar-refractivity contribution in [2.75, 3.05) is 9.80 Å². The van der Waals surface area contributed by atoms with Crippen molar-refractivity contribution in [2.24, 2.45) is 0 Å². The second-order valence-electron chi connectivity index (χ2n) is 45.4. The van der Waals surface area contributed by atoms with Gasteiger partial charge < -0.3 is 23.5 Å². The molecule has 0 fully saturated rings. The third-order valence-electron chi connectivity index (χ3n) is 28.9. The summed E-state index contributed by atoms with van der Waals surface area (Å²) in [7, 11) is 0. The Morgan fingerprint density at radius 3 is 0.846 bits per heavy atom. The van der Waals surface area contributed by atoms with Gasteiger partial charge in [0.2, 0.25) is 0 Å². The monoisotopic (exact) mass is 1770 g/mol. The van der Waals surface area contributed by atoms with E-state index in [-0.39, 0.29) is 32.5 Å². The molecule has 2 aliphatic rings. The summed E-state index contributed by atoms with van der Waals surface area (Å²) in [6.45, 7) is 48.7. The molecule has 0 spiro atoms. The van der Waals surface area contributed by atoms with E-state index in [1.807, 2.05) is 0 Å². The predicted molar refractivity (Wildman–Crippen MR) is 580 cm³/mol. The summed E-state index contributed by atoms with van der Waals surface area (Å²) in [6.07, 6.45) is 0. The summed E-state index contributed by atoms with van der Waals surface area (Å²) in [6, 6.07) is 130. The van der Waals surface area contributed by atoms with Crippen LogP contribution in [0, 0.1) is 0 Å². The van der Waals surface area contributed by atoms with Gasteiger partial charge in [0.05, 0.1) is 50.2 Å². The largest absolute Gasteiger partial charge is 0.311 e. The van der Waals surface area contributed by atoms with Crippen LogP contribution < -0.4 is 26.2 Å². The third kappa shape index (κ3) is 14.8. The zero-order valence-corrected chi connectivity index (χ0v) is 82.5. The van der Waals surface area contributed by atoms with Gasteiger partial charge in [0.1, 0.15) is 0 Å². The Hall–Kier alpha value is -14.4. The van der Waals surface area contributed by atoms with Crippen LogP contribution in [0.1, 0.15) is 184 Å². The van der Waals surface area contributed by atoms with Gasteiger partial charge in [-0.2, -0.15) is 0 Å². The number of aromatic nitrogens is 6. The maximum absolute atomic E-state index is 5.91. The van der Waals surface area contributed by atoms with E-state index >= 15 is 0 Å². The van der Waals surface area contributed by atoms with E-state index in [0.717, 1.165) is 151 Å². The molecule has 20 aromatic rings. The Morgan fingerprint density at radius 2 is 0.493 bits per heavy atom. The van der Waals surface area contributed by atoms with Crippen LogP contribution in [-0.4, -0.2) is 35.4 Å². The first-order valence-corrected chi connectivity index (χ1v) is 48.6. The summed E-state index contributed by atoms with van der Waals surface area (Å²) >= 11 is 0. The standard InChI is InChI=1S/C127H119BN8/c1-121(2,3)84-48-59-106-96(66-84)97-67-85(122(4,5)6)49-60-107(97)132(106)91-54-56-103-112(74-91)135(105-58-47-83(78-37-27-22-28-38-78)65-94(105)79-39-29-23-30-40-79)114-76-93(134-110-63-52-88(125(13,14)15)70-100(110)101-71-89(126(16,17)18)53-64-111(101)134)77-115-116(114)128(103)104-57-55-92(133-108-61-50-86(123(7,8)9)68-98(108)99-69-87(124(10,11)12)51-62-109(99)133)75-113(104)136(115)117-95(80-41-31-24-32-42-80)72-90(127(19,20)21)73-102(117)120-130-118(81-43-33-25-34-44-81)129-119(131-120)82-45-35-26-36-46-82/h22-77H,1-21H3. The minimum absolute atomic E-state index is 0.105. The molecule has 0 bridgehead atoms. The lowest BCUT2D eigenvalue weighted by Crippen LogP contribution is -2.61. The van der Waals surface area contributed by atoms with Crippen molar-refractivity contribution in [3.63, 3.8) is 0 Å². The molecule has 0 saturated heterocycles. The van der Waals surface area contributed by atoms with Crippen molar-refractivity contribution in [1.82, 2.24) is 28.7 Å². The Bertz CT molecular complexity index is 7950. The van der Waals surface area contributed by atoms with E-state index in [9.17, 15) is 0 Å². The van der Waals surface area contributed by atoms with E-state index in [1.54, 1.807) is 0 Å². The molecule has 9 heteroatoms. The average molecular weight is 1770 g/mol. The number of hydrogen-bond acceptors (Lipinski definition) is 5. The molecule has 0 aliphatic carbocycles. The lowest BCUT2D eigenvalue weighted by molar-refractivity contribution is 0.590. The van der Waals surface area contributed by atoms with Crippen LogP contribution in [0.3, 0.4) is 0 Å². The van der Waals surface area contributed by atoms with Crippen LogP contribution >= 0.6 is 0 Å². The second kappa shape index (κ2) is 31.6. The molecular weight excluding hydrogens is 1650 g/mol. The number of nitrogens with zero attached hydrogens (tertiary/aromatic N) is 8. The minimum Gasteiger partial charge on any atom is -0.311 e. The first-order chi connectivity index (χ1) is 64.8. The molecule has 0 amide bonds. The Morgan fingerprint density at radius 1 is 0.199 bits per heavy atom. The Labute approximate surface area is 802 Å². The first kappa shape index (κ1) is 87.0. The average Bonchev–Trinajstić information content (AvgIpc) is 0.875. The van der Waals surface area contributed by atoms with Crippen LogP contribution in [-0.2, 0) is 37.9 Å². The molecule has 0 saturated carbocycles.